The van der Waals surface area contributed by atoms with Gasteiger partial charge in [-0.25, -0.2) is 4.99 Å². The van der Waals surface area contributed by atoms with Crippen LogP contribution in [0.5, 0.6) is 5.75 Å². The molecule has 31 heavy (non-hydrogen) atoms. The molecular formula is C22H31IN4O4. The van der Waals surface area contributed by atoms with E-state index in [1.807, 2.05) is 31.2 Å². The number of aliphatic imine (C=N–C) groups is 1. The molecule has 170 valence electrons. The van der Waals surface area contributed by atoms with Crippen LogP contribution in [-0.2, 0) is 17.7 Å². The number of guanidine groups is 1. The molecule has 2 aromatic rings. The third kappa shape index (κ3) is 9.97. The van der Waals surface area contributed by atoms with E-state index >= 15 is 0 Å². The second kappa shape index (κ2) is 15.4. The van der Waals surface area contributed by atoms with Crippen molar-refractivity contribution in [3.8, 4) is 5.75 Å². The molecule has 0 aliphatic carbocycles. The summed E-state index contributed by atoms with van der Waals surface area (Å²) in [6.45, 7) is 5.23. The number of hydrogen-bond donors (Lipinski definition) is 2. The maximum absolute atomic E-state index is 10.8. The summed E-state index contributed by atoms with van der Waals surface area (Å²) in [6, 6.07) is 14.4. The second-order valence-corrected chi connectivity index (χ2v) is 6.55. The molecule has 0 aliphatic rings. The minimum atomic E-state index is -0.405. The van der Waals surface area contributed by atoms with Crippen LogP contribution in [0, 0.1) is 10.1 Å². The number of halogens is 1. The number of rotatable bonds is 12. The summed E-state index contributed by atoms with van der Waals surface area (Å²) < 4.78 is 10.8. The van der Waals surface area contributed by atoms with Crippen LogP contribution < -0.4 is 15.4 Å². The fourth-order valence-corrected chi connectivity index (χ4v) is 2.82. The van der Waals surface area contributed by atoms with Crippen molar-refractivity contribution in [1.82, 2.24) is 10.6 Å². The van der Waals surface area contributed by atoms with E-state index in [4.69, 9.17) is 9.47 Å². The van der Waals surface area contributed by atoms with Gasteiger partial charge in [-0.1, -0.05) is 30.3 Å². The van der Waals surface area contributed by atoms with Gasteiger partial charge in [0.05, 0.1) is 18.6 Å². The van der Waals surface area contributed by atoms with Gasteiger partial charge in [0.2, 0.25) is 0 Å². The summed E-state index contributed by atoms with van der Waals surface area (Å²) >= 11 is 0. The van der Waals surface area contributed by atoms with Crippen LogP contribution in [-0.4, -0.2) is 44.3 Å². The third-order valence-corrected chi connectivity index (χ3v) is 4.41. The Bertz CT molecular complexity index is 815. The van der Waals surface area contributed by atoms with Crippen molar-refractivity contribution in [2.75, 3.05) is 33.4 Å². The molecule has 0 saturated heterocycles. The topological polar surface area (TPSA) is 98.0 Å². The lowest BCUT2D eigenvalue weighted by atomic mass is 10.1. The molecule has 8 nitrogen and oxygen atoms in total. The van der Waals surface area contributed by atoms with Gasteiger partial charge in [0.15, 0.2) is 5.96 Å². The van der Waals surface area contributed by atoms with Gasteiger partial charge >= 0.3 is 0 Å². The van der Waals surface area contributed by atoms with Crippen molar-refractivity contribution >= 4 is 35.6 Å². The first-order valence-electron chi connectivity index (χ1n) is 10.1. The summed E-state index contributed by atoms with van der Waals surface area (Å²) in [5.41, 5.74) is 2.10. The zero-order valence-corrected chi connectivity index (χ0v) is 20.3. The van der Waals surface area contributed by atoms with Gasteiger partial charge in [0.1, 0.15) is 5.75 Å². The lowest BCUT2D eigenvalue weighted by molar-refractivity contribution is -0.384. The Labute approximate surface area is 200 Å². The molecule has 0 heterocycles. The summed E-state index contributed by atoms with van der Waals surface area (Å²) in [4.78, 5) is 15.0. The highest BCUT2D eigenvalue weighted by atomic mass is 127. The van der Waals surface area contributed by atoms with Crippen LogP contribution in [0.4, 0.5) is 5.69 Å². The summed E-state index contributed by atoms with van der Waals surface area (Å²) in [5, 5.41) is 17.4. The first kappa shape index (κ1) is 26.6. The molecule has 9 heteroatoms. The van der Waals surface area contributed by atoms with Crippen molar-refractivity contribution < 1.29 is 14.4 Å². The lowest BCUT2D eigenvalue weighted by Gasteiger charge is -2.14. The second-order valence-electron chi connectivity index (χ2n) is 6.55. The average molecular weight is 542 g/mol. The highest BCUT2D eigenvalue weighted by molar-refractivity contribution is 14.0. The Kier molecular flexibility index (Phi) is 13.2. The number of nitro benzene ring substituents is 1. The summed E-state index contributed by atoms with van der Waals surface area (Å²) in [7, 11) is 1.67. The van der Waals surface area contributed by atoms with Crippen LogP contribution in [0.3, 0.4) is 0 Å². The molecule has 0 atom stereocenters. The third-order valence-electron chi connectivity index (χ3n) is 4.41. The van der Waals surface area contributed by atoms with E-state index in [1.165, 1.54) is 12.1 Å². The Morgan fingerprint density at radius 2 is 1.81 bits per heavy atom. The predicted octanol–water partition coefficient (Wildman–Crippen LogP) is 3.93. The van der Waals surface area contributed by atoms with E-state index in [0.717, 1.165) is 36.3 Å². The normalized spacial score (nSPS) is 10.8. The van der Waals surface area contributed by atoms with E-state index in [-0.39, 0.29) is 29.7 Å². The molecule has 0 aromatic heterocycles. The molecule has 0 aliphatic heterocycles. The first-order chi connectivity index (χ1) is 14.6. The minimum Gasteiger partial charge on any atom is -0.496 e. The number of nitrogens with one attached hydrogen (secondary N) is 2. The maximum atomic E-state index is 10.8. The number of methoxy groups -OCH3 is 1. The van der Waals surface area contributed by atoms with Crippen molar-refractivity contribution in [2.24, 2.45) is 4.99 Å². The van der Waals surface area contributed by atoms with Crippen LogP contribution in [0.25, 0.3) is 0 Å². The molecule has 0 saturated carbocycles. The first-order valence-corrected chi connectivity index (χ1v) is 10.1. The zero-order chi connectivity index (χ0) is 21.6. The quantitative estimate of drug-likeness (QED) is 0.105. The summed E-state index contributed by atoms with van der Waals surface area (Å²) in [6.07, 6.45) is 1.67. The largest absolute Gasteiger partial charge is 0.496 e. The van der Waals surface area contributed by atoms with E-state index < -0.39 is 4.92 Å². The number of ether oxygens (including phenoxy) is 2. The van der Waals surface area contributed by atoms with Gasteiger partial charge in [0, 0.05) is 38.4 Å². The zero-order valence-electron chi connectivity index (χ0n) is 18.0. The lowest BCUT2D eigenvalue weighted by Crippen LogP contribution is -2.39. The number of non-ortho nitro benzene ring substituents is 1. The number of nitro groups is 1. The number of benzene rings is 2. The smallest absolute Gasteiger partial charge is 0.269 e. The van der Waals surface area contributed by atoms with Gasteiger partial charge in [-0.3, -0.25) is 10.1 Å². The maximum Gasteiger partial charge on any atom is 0.269 e. The fraction of sp³-hybridized carbons (Fsp3) is 0.409. The number of nitrogens with zero attached hydrogens (tertiary/aromatic N) is 2. The predicted molar refractivity (Wildman–Crippen MR) is 133 cm³/mol. The Hall–Kier alpha value is -2.40. The highest BCUT2D eigenvalue weighted by Crippen LogP contribution is 2.17. The molecule has 0 bridgehead atoms. The SMILES string of the molecule is CCOCCCNC(=NCc1ccc([N+](=O)[O-])cc1)NCCc1ccccc1OC.I. The van der Waals surface area contributed by atoms with Crippen LogP contribution >= 0.6 is 24.0 Å². The number of para-hydroxylation sites is 1. The highest BCUT2D eigenvalue weighted by Gasteiger charge is 2.05. The van der Waals surface area contributed by atoms with Gasteiger partial charge < -0.3 is 20.1 Å². The molecule has 2 N–H and O–H groups in total. The molecule has 0 spiro atoms. The molecule has 0 amide bonds. The molecule has 0 fully saturated rings. The van der Waals surface area contributed by atoms with E-state index in [9.17, 15) is 10.1 Å². The molecule has 2 rings (SSSR count). The van der Waals surface area contributed by atoms with Gasteiger partial charge in [-0.15, -0.1) is 24.0 Å². The van der Waals surface area contributed by atoms with Gasteiger partial charge in [-0.2, -0.15) is 0 Å². The minimum absolute atomic E-state index is 0. The van der Waals surface area contributed by atoms with Crippen LogP contribution in [0.2, 0.25) is 0 Å². The standard InChI is InChI=1S/C22H30N4O4.HI/c1-3-30-16-6-14-23-22(24-15-13-19-7-4-5-8-21(19)29-2)25-17-18-9-11-20(12-10-18)26(27)28;/h4-5,7-12H,3,6,13-17H2,1-2H3,(H2,23,24,25);1H. The van der Waals surface area contributed by atoms with Gasteiger partial charge in [0.25, 0.3) is 5.69 Å². The van der Waals surface area contributed by atoms with Crippen molar-refractivity contribution in [1.29, 1.82) is 0 Å². The van der Waals surface area contributed by atoms with Crippen molar-refractivity contribution in [3.63, 3.8) is 0 Å². The molecule has 2 aromatic carbocycles. The molecular weight excluding hydrogens is 511 g/mol. The van der Waals surface area contributed by atoms with E-state index in [0.29, 0.717) is 32.3 Å². The van der Waals surface area contributed by atoms with Crippen LogP contribution in [0.1, 0.15) is 24.5 Å². The molecule has 0 unspecified atom stereocenters. The Morgan fingerprint density at radius 3 is 2.48 bits per heavy atom. The van der Waals surface area contributed by atoms with E-state index in [2.05, 4.69) is 15.6 Å². The average Bonchev–Trinajstić information content (AvgIpc) is 2.77. The van der Waals surface area contributed by atoms with Crippen molar-refractivity contribution in [2.45, 2.75) is 26.3 Å². The van der Waals surface area contributed by atoms with Gasteiger partial charge in [-0.05, 0) is 37.0 Å². The van der Waals surface area contributed by atoms with E-state index in [1.54, 1.807) is 19.2 Å². The van der Waals surface area contributed by atoms with Crippen molar-refractivity contribution in [3.05, 3.63) is 69.8 Å². The van der Waals surface area contributed by atoms with Crippen LogP contribution in [0.15, 0.2) is 53.5 Å². The number of hydrogen-bond acceptors (Lipinski definition) is 5. The molecule has 0 radical (unpaired) electrons. The Balaban J connectivity index is 0.00000480. The Morgan fingerprint density at radius 1 is 1.10 bits per heavy atom. The monoisotopic (exact) mass is 542 g/mol. The summed E-state index contributed by atoms with van der Waals surface area (Å²) in [5.74, 6) is 1.56. The fourth-order valence-electron chi connectivity index (χ4n) is 2.82.